The molecule has 1 nitrogen and oxygen atoms in total. The fraction of sp³-hybridized carbons (Fsp3) is 0.0294. The Labute approximate surface area is 403 Å². The van der Waals surface area contributed by atoms with Crippen LogP contribution in [0.3, 0.4) is 0 Å². The van der Waals surface area contributed by atoms with Gasteiger partial charge in [0.15, 0.2) is 0 Å². The van der Waals surface area contributed by atoms with Gasteiger partial charge in [0.1, 0.15) is 0 Å². The van der Waals surface area contributed by atoms with Gasteiger partial charge in [0.05, 0.1) is 0 Å². The van der Waals surface area contributed by atoms with E-state index < -0.39 is 0 Å². The normalized spacial score (nSPS) is 13.9. The maximum Gasteiger partial charge on any atom is 0.0467 e. The van der Waals surface area contributed by atoms with E-state index in [2.05, 4.69) is 279 Å². The van der Waals surface area contributed by atoms with Gasteiger partial charge >= 0.3 is 0 Å². The summed E-state index contributed by atoms with van der Waals surface area (Å²) in [6.45, 7) is 2.40. The topological polar surface area (TPSA) is 3.24 Å². The van der Waals surface area contributed by atoms with Gasteiger partial charge in [-0.25, -0.2) is 0 Å². The molecule has 0 bridgehead atoms. The molecule has 1 aliphatic rings. The van der Waals surface area contributed by atoms with Gasteiger partial charge in [-0.15, -0.1) is 0 Å². The first-order valence-corrected chi connectivity index (χ1v) is 24.0. The Morgan fingerprint density at radius 1 is 0.275 bits per heavy atom. The van der Waals surface area contributed by atoms with Crippen molar-refractivity contribution in [2.75, 3.05) is 4.90 Å². The minimum atomic E-state index is -0.327. The second-order valence-corrected chi connectivity index (χ2v) is 18.5. The summed E-state index contributed by atoms with van der Waals surface area (Å²) >= 11 is 0. The van der Waals surface area contributed by atoms with Crippen LogP contribution >= 0.6 is 0 Å². The molecular formula is C68H47N. The molecule has 13 rings (SSSR count). The van der Waals surface area contributed by atoms with E-state index in [1.807, 2.05) is 0 Å². The van der Waals surface area contributed by atoms with Crippen LogP contribution in [-0.2, 0) is 5.41 Å². The van der Waals surface area contributed by atoms with Gasteiger partial charge in [-0.05, 0) is 160 Å². The van der Waals surface area contributed by atoms with Crippen molar-refractivity contribution in [2.45, 2.75) is 12.3 Å². The number of nitrogens with zero attached hydrogens (tertiary/aromatic N) is 1. The molecule has 324 valence electrons. The molecule has 0 saturated carbocycles. The highest BCUT2D eigenvalue weighted by atomic mass is 15.1. The van der Waals surface area contributed by atoms with Crippen molar-refractivity contribution in [3.8, 4) is 55.6 Å². The van der Waals surface area contributed by atoms with Crippen molar-refractivity contribution < 1.29 is 0 Å². The number of anilines is 3. The summed E-state index contributed by atoms with van der Waals surface area (Å²) in [4.78, 5) is 2.44. The first-order valence-electron chi connectivity index (χ1n) is 24.0. The molecule has 12 aromatic carbocycles. The lowest BCUT2D eigenvalue weighted by molar-refractivity contribution is 0.714. The predicted octanol–water partition coefficient (Wildman–Crippen LogP) is 18.6. The summed E-state index contributed by atoms with van der Waals surface area (Å²) < 4.78 is 0. The molecule has 1 aliphatic carbocycles. The van der Waals surface area contributed by atoms with Crippen molar-refractivity contribution in [1.82, 2.24) is 0 Å². The summed E-state index contributed by atoms with van der Waals surface area (Å²) in [7, 11) is 0. The van der Waals surface area contributed by atoms with E-state index in [1.54, 1.807) is 0 Å². The van der Waals surface area contributed by atoms with E-state index >= 15 is 0 Å². The Morgan fingerprint density at radius 2 is 0.797 bits per heavy atom. The van der Waals surface area contributed by atoms with Gasteiger partial charge in [-0.3, -0.25) is 0 Å². The monoisotopic (exact) mass is 877 g/mol. The van der Waals surface area contributed by atoms with Crippen LogP contribution in [-0.4, -0.2) is 0 Å². The molecule has 0 saturated heterocycles. The summed E-state index contributed by atoms with van der Waals surface area (Å²) in [5, 5.41) is 7.50. The SMILES string of the molecule is CC1(c2ccccc2)c2ccccc2-c2ccc(N(c3ccc(-c4ccc5c(c4)c(-c4ccccc4)c(-c4ccccc4)c4ccccc45)cc3)c3cccc(-c4ccc5ccccc5c4)c3)cc21. The van der Waals surface area contributed by atoms with Crippen LogP contribution in [0.15, 0.2) is 267 Å². The zero-order chi connectivity index (χ0) is 45.9. The highest BCUT2D eigenvalue weighted by Gasteiger charge is 2.41. The van der Waals surface area contributed by atoms with Crippen molar-refractivity contribution in [3.05, 3.63) is 284 Å². The molecule has 0 amide bonds. The average Bonchev–Trinajstić information content (AvgIpc) is 3.69. The minimum Gasteiger partial charge on any atom is -0.310 e. The fourth-order valence-corrected chi connectivity index (χ4v) is 11.3. The second kappa shape index (κ2) is 16.5. The average molecular weight is 878 g/mol. The van der Waals surface area contributed by atoms with Gasteiger partial charge in [0.2, 0.25) is 0 Å². The first kappa shape index (κ1) is 40.5. The molecule has 0 aliphatic heterocycles. The lowest BCUT2D eigenvalue weighted by atomic mass is 9.74. The minimum absolute atomic E-state index is 0.327. The molecule has 0 N–H and O–H groups in total. The van der Waals surface area contributed by atoms with E-state index in [1.165, 1.54) is 105 Å². The van der Waals surface area contributed by atoms with Crippen molar-refractivity contribution >= 4 is 49.4 Å². The number of fused-ring (bicyclic) bond motifs is 7. The zero-order valence-corrected chi connectivity index (χ0v) is 38.4. The molecule has 12 aromatic rings. The molecule has 1 atom stereocenters. The predicted molar refractivity (Wildman–Crippen MR) is 293 cm³/mol. The van der Waals surface area contributed by atoms with Gasteiger partial charge in [-0.2, -0.15) is 0 Å². The third-order valence-electron chi connectivity index (χ3n) is 14.7. The van der Waals surface area contributed by atoms with Crippen molar-refractivity contribution in [3.63, 3.8) is 0 Å². The Morgan fingerprint density at radius 3 is 1.57 bits per heavy atom. The maximum absolute atomic E-state index is 2.45. The summed E-state index contributed by atoms with van der Waals surface area (Å²) in [5.41, 5.74) is 19.2. The third-order valence-corrected chi connectivity index (χ3v) is 14.7. The standard InChI is InChI=1S/C68H47N/c1-68(54-25-9-4-10-26-54)64-31-16-15-29-60(64)61-41-39-57(45-65(61)68)69(56-27-17-24-51(43-56)52-33-32-46-18-11-12-23-50(46)42-52)55-37-34-47(35-38-55)53-36-40-59-58-28-13-14-30-62(58)66(48-19-5-2-6-20-48)67(63(59)44-53)49-21-7-3-8-22-49/h2-45H,1H3. The van der Waals surface area contributed by atoms with Gasteiger partial charge in [0.25, 0.3) is 0 Å². The zero-order valence-electron chi connectivity index (χ0n) is 38.4. The van der Waals surface area contributed by atoms with Crippen LogP contribution in [0.25, 0.3) is 88.0 Å². The van der Waals surface area contributed by atoms with Crippen LogP contribution in [0.5, 0.6) is 0 Å². The Hall–Kier alpha value is -8.78. The summed E-state index contributed by atoms with van der Waals surface area (Å²) in [6.07, 6.45) is 0. The van der Waals surface area contributed by atoms with Crippen LogP contribution in [0.2, 0.25) is 0 Å². The Kier molecular flexibility index (Phi) is 9.70. The smallest absolute Gasteiger partial charge is 0.0467 e. The molecule has 0 aromatic heterocycles. The number of hydrogen-bond donors (Lipinski definition) is 0. The van der Waals surface area contributed by atoms with Gasteiger partial charge in [0, 0.05) is 22.5 Å². The fourth-order valence-electron chi connectivity index (χ4n) is 11.3. The number of hydrogen-bond acceptors (Lipinski definition) is 1. The number of benzene rings is 12. The molecule has 69 heavy (non-hydrogen) atoms. The lowest BCUT2D eigenvalue weighted by Crippen LogP contribution is -2.22. The van der Waals surface area contributed by atoms with Gasteiger partial charge in [-0.1, -0.05) is 218 Å². The third kappa shape index (κ3) is 6.77. The highest BCUT2D eigenvalue weighted by molar-refractivity contribution is 6.22. The first-order chi connectivity index (χ1) is 34.1. The highest BCUT2D eigenvalue weighted by Crippen LogP contribution is 2.54. The largest absolute Gasteiger partial charge is 0.310 e. The van der Waals surface area contributed by atoms with Crippen LogP contribution in [0.1, 0.15) is 23.6 Å². The number of rotatable bonds is 8. The Bertz CT molecular complexity index is 3890. The van der Waals surface area contributed by atoms with Crippen molar-refractivity contribution in [2.24, 2.45) is 0 Å². The van der Waals surface area contributed by atoms with E-state index in [0.717, 1.165) is 17.1 Å². The van der Waals surface area contributed by atoms with Gasteiger partial charge < -0.3 is 4.90 Å². The van der Waals surface area contributed by atoms with Crippen molar-refractivity contribution in [1.29, 1.82) is 0 Å². The molecule has 0 radical (unpaired) electrons. The van der Waals surface area contributed by atoms with Crippen LogP contribution in [0.4, 0.5) is 17.1 Å². The van der Waals surface area contributed by atoms with Crippen LogP contribution in [0, 0.1) is 0 Å². The molecule has 0 spiro atoms. The van der Waals surface area contributed by atoms with Crippen LogP contribution < -0.4 is 4.90 Å². The molecule has 1 unspecified atom stereocenters. The molecule has 0 heterocycles. The Balaban J connectivity index is 0.976. The summed E-state index contributed by atoms with van der Waals surface area (Å²) in [5.74, 6) is 0. The quantitative estimate of drug-likeness (QED) is 0.138. The van der Waals surface area contributed by atoms with E-state index in [0.29, 0.717) is 0 Å². The summed E-state index contributed by atoms with van der Waals surface area (Å²) in [6, 6.07) is 98.4. The molecule has 1 heteroatoms. The molecular weight excluding hydrogens is 831 g/mol. The molecule has 0 fully saturated rings. The lowest BCUT2D eigenvalue weighted by Gasteiger charge is -2.31. The van der Waals surface area contributed by atoms with E-state index in [9.17, 15) is 0 Å². The second-order valence-electron chi connectivity index (χ2n) is 18.5. The van der Waals surface area contributed by atoms with E-state index in [4.69, 9.17) is 0 Å². The maximum atomic E-state index is 2.45. The van der Waals surface area contributed by atoms with E-state index in [-0.39, 0.29) is 5.41 Å².